The summed E-state index contributed by atoms with van der Waals surface area (Å²) in [5, 5.41) is 6.85. The van der Waals surface area contributed by atoms with E-state index in [9.17, 15) is 9.59 Å². The van der Waals surface area contributed by atoms with E-state index < -0.39 is 0 Å². The van der Waals surface area contributed by atoms with Crippen LogP contribution in [0.25, 0.3) is 5.52 Å². The van der Waals surface area contributed by atoms with E-state index in [0.717, 1.165) is 18.4 Å². The molecule has 1 N–H and O–H groups in total. The fraction of sp³-hybridized carbons (Fsp3) is 0.438. The lowest BCUT2D eigenvalue weighted by Crippen LogP contribution is -2.39. The molecule has 3 heterocycles. The monoisotopic (exact) mass is 310 g/mol. The maximum atomic E-state index is 12.7. The van der Waals surface area contributed by atoms with E-state index in [1.807, 2.05) is 4.90 Å². The molecule has 0 spiro atoms. The molecule has 3 rings (SSSR count). The molecule has 2 aromatic rings. The zero-order chi connectivity index (χ0) is 16.4. The van der Waals surface area contributed by atoms with E-state index in [-0.39, 0.29) is 11.8 Å². The molecule has 1 saturated heterocycles. The summed E-state index contributed by atoms with van der Waals surface area (Å²) in [6, 6.07) is 3.51. The molecule has 1 aliphatic heterocycles. The molecule has 118 valence electrons. The van der Waals surface area contributed by atoms with Gasteiger partial charge in [0.15, 0.2) is 0 Å². The van der Waals surface area contributed by atoms with Gasteiger partial charge in [0.25, 0.3) is 5.91 Å². The van der Waals surface area contributed by atoms with Crippen LogP contribution in [0.3, 0.4) is 0 Å². The van der Waals surface area contributed by atoms with Crippen molar-refractivity contribution in [3.8, 4) is 0 Å². The van der Waals surface area contributed by atoms with E-state index in [1.165, 1.54) is 0 Å². The summed E-state index contributed by atoms with van der Waals surface area (Å²) < 4.78 is 1.65. The molecule has 0 saturated carbocycles. The number of nitrogens with zero attached hydrogens (tertiary/aromatic N) is 3. The van der Waals surface area contributed by atoms with Crippen LogP contribution in [0.15, 0.2) is 24.5 Å². The zero-order valence-corrected chi connectivity index (χ0v) is 13.2. The SMILES string of the molecule is [B]c1ccn2ncc(C(=O)N3CCC(CC(=O)NC)CC3)c2c1. The standard InChI is InChI=1S/C16H19BN4O2/c1-18-15(22)8-11-2-5-20(6-3-11)16(23)13-10-19-21-7-4-12(17)9-14(13)21/h4,7,9-11H,2-3,5-6,8H2,1H3,(H,18,22). The number of likely N-dealkylation sites (tertiary alicyclic amines) is 1. The van der Waals surface area contributed by atoms with Gasteiger partial charge >= 0.3 is 0 Å². The number of rotatable bonds is 3. The lowest BCUT2D eigenvalue weighted by atomic mass is 9.92. The topological polar surface area (TPSA) is 66.7 Å². The fourth-order valence-electron chi connectivity index (χ4n) is 3.04. The van der Waals surface area contributed by atoms with Crippen molar-refractivity contribution in [1.82, 2.24) is 19.8 Å². The highest BCUT2D eigenvalue weighted by atomic mass is 16.2. The Morgan fingerprint density at radius 2 is 2.13 bits per heavy atom. The van der Waals surface area contributed by atoms with Crippen molar-refractivity contribution < 1.29 is 9.59 Å². The van der Waals surface area contributed by atoms with E-state index >= 15 is 0 Å². The van der Waals surface area contributed by atoms with Gasteiger partial charge in [0, 0.05) is 32.8 Å². The maximum Gasteiger partial charge on any atom is 0.257 e. The summed E-state index contributed by atoms with van der Waals surface area (Å²) in [5.41, 5.74) is 1.90. The van der Waals surface area contributed by atoms with Crippen LogP contribution in [0.1, 0.15) is 29.6 Å². The minimum atomic E-state index is -0.0241. The first-order valence-corrected chi connectivity index (χ1v) is 7.81. The summed E-state index contributed by atoms with van der Waals surface area (Å²) >= 11 is 0. The van der Waals surface area contributed by atoms with Crippen LogP contribution in [-0.4, -0.2) is 54.3 Å². The Hall–Kier alpha value is -2.31. The minimum absolute atomic E-state index is 0.0241. The van der Waals surface area contributed by atoms with Crippen molar-refractivity contribution >= 4 is 30.6 Å². The number of carbonyl (C=O) groups excluding carboxylic acids is 2. The van der Waals surface area contributed by atoms with E-state index in [4.69, 9.17) is 7.85 Å². The van der Waals surface area contributed by atoms with Gasteiger partial charge in [-0.2, -0.15) is 5.10 Å². The number of pyridine rings is 1. The highest BCUT2D eigenvalue weighted by Crippen LogP contribution is 2.22. The van der Waals surface area contributed by atoms with Crippen LogP contribution >= 0.6 is 0 Å². The highest BCUT2D eigenvalue weighted by molar-refractivity contribution is 6.32. The normalized spacial score (nSPS) is 15.8. The highest BCUT2D eigenvalue weighted by Gasteiger charge is 2.26. The number of hydrogen-bond acceptors (Lipinski definition) is 3. The van der Waals surface area contributed by atoms with Crippen LogP contribution < -0.4 is 10.8 Å². The molecule has 7 heteroatoms. The first-order valence-electron chi connectivity index (χ1n) is 7.81. The second-order valence-electron chi connectivity index (χ2n) is 5.96. The fourth-order valence-corrected chi connectivity index (χ4v) is 3.04. The molecule has 0 bridgehead atoms. The summed E-state index contributed by atoms with van der Waals surface area (Å²) in [4.78, 5) is 26.0. The molecule has 1 fully saturated rings. The van der Waals surface area contributed by atoms with Gasteiger partial charge < -0.3 is 10.2 Å². The molecule has 6 nitrogen and oxygen atoms in total. The average molecular weight is 310 g/mol. The van der Waals surface area contributed by atoms with Crippen LogP contribution in [0, 0.1) is 5.92 Å². The van der Waals surface area contributed by atoms with Gasteiger partial charge in [-0.1, -0.05) is 11.5 Å². The Balaban J connectivity index is 1.69. The first-order chi connectivity index (χ1) is 11.1. The Bertz CT molecular complexity index is 735. The van der Waals surface area contributed by atoms with Crippen LogP contribution in [0.2, 0.25) is 0 Å². The maximum absolute atomic E-state index is 12.7. The number of fused-ring (bicyclic) bond motifs is 1. The number of nitrogens with one attached hydrogen (secondary N) is 1. The number of carbonyl (C=O) groups is 2. The Kier molecular flexibility index (Phi) is 4.36. The number of hydrogen-bond donors (Lipinski definition) is 1. The molecule has 23 heavy (non-hydrogen) atoms. The third-order valence-corrected chi connectivity index (χ3v) is 4.43. The van der Waals surface area contributed by atoms with Gasteiger partial charge in [-0.05, 0) is 24.8 Å². The second kappa shape index (κ2) is 6.44. The van der Waals surface area contributed by atoms with Gasteiger partial charge in [0.05, 0.1) is 17.3 Å². The molecule has 2 aromatic heterocycles. The van der Waals surface area contributed by atoms with Crippen molar-refractivity contribution in [3.63, 3.8) is 0 Å². The zero-order valence-electron chi connectivity index (χ0n) is 13.2. The molecule has 2 radical (unpaired) electrons. The second-order valence-corrected chi connectivity index (χ2v) is 5.96. The third kappa shape index (κ3) is 3.23. The first kappa shape index (κ1) is 15.6. The molecule has 1 aliphatic rings. The van der Waals surface area contributed by atoms with Gasteiger partial charge in [-0.15, -0.1) is 0 Å². The van der Waals surface area contributed by atoms with E-state index in [2.05, 4.69) is 10.4 Å². The lowest BCUT2D eigenvalue weighted by molar-refractivity contribution is -0.121. The summed E-state index contributed by atoms with van der Waals surface area (Å²) in [6.07, 6.45) is 5.57. The summed E-state index contributed by atoms with van der Waals surface area (Å²) in [6.45, 7) is 1.33. The van der Waals surface area contributed by atoms with Crippen molar-refractivity contribution in [1.29, 1.82) is 0 Å². The Labute approximate surface area is 136 Å². The quantitative estimate of drug-likeness (QED) is 0.819. The van der Waals surface area contributed by atoms with Crippen molar-refractivity contribution in [2.75, 3.05) is 20.1 Å². The molecule has 0 unspecified atom stereocenters. The van der Waals surface area contributed by atoms with Gasteiger partial charge in [0.1, 0.15) is 7.85 Å². The number of piperidine rings is 1. The molecule has 0 aliphatic carbocycles. The van der Waals surface area contributed by atoms with Gasteiger partial charge in [0.2, 0.25) is 5.91 Å². The molecular formula is C16H19BN4O2. The smallest absolute Gasteiger partial charge is 0.257 e. The molecule has 2 amide bonds. The van der Waals surface area contributed by atoms with Crippen LogP contribution in [0.5, 0.6) is 0 Å². The van der Waals surface area contributed by atoms with Crippen LogP contribution in [0.4, 0.5) is 0 Å². The van der Waals surface area contributed by atoms with Crippen molar-refractivity contribution in [3.05, 3.63) is 30.1 Å². The average Bonchev–Trinajstić information content (AvgIpc) is 2.97. The molecular weight excluding hydrogens is 291 g/mol. The lowest BCUT2D eigenvalue weighted by Gasteiger charge is -2.31. The molecule has 0 atom stereocenters. The van der Waals surface area contributed by atoms with Gasteiger partial charge in [-0.3, -0.25) is 9.59 Å². The van der Waals surface area contributed by atoms with Crippen LogP contribution in [-0.2, 0) is 4.79 Å². The van der Waals surface area contributed by atoms with E-state index in [0.29, 0.717) is 36.5 Å². The van der Waals surface area contributed by atoms with Crippen molar-refractivity contribution in [2.45, 2.75) is 19.3 Å². The Morgan fingerprint density at radius 3 is 2.83 bits per heavy atom. The Morgan fingerprint density at radius 1 is 1.39 bits per heavy atom. The summed E-state index contributed by atoms with van der Waals surface area (Å²) in [7, 11) is 7.46. The number of aromatic nitrogens is 2. The molecule has 0 aromatic carbocycles. The van der Waals surface area contributed by atoms with E-state index in [1.54, 1.807) is 36.1 Å². The predicted octanol–water partition coefficient (Wildman–Crippen LogP) is 0.116. The third-order valence-electron chi connectivity index (χ3n) is 4.43. The summed E-state index contributed by atoms with van der Waals surface area (Å²) in [5.74, 6) is 0.385. The van der Waals surface area contributed by atoms with Crippen molar-refractivity contribution in [2.24, 2.45) is 5.92 Å². The largest absolute Gasteiger partial charge is 0.359 e. The predicted molar refractivity (Wildman–Crippen MR) is 87.9 cm³/mol. The number of amides is 2. The minimum Gasteiger partial charge on any atom is -0.359 e. The van der Waals surface area contributed by atoms with Gasteiger partial charge in [-0.25, -0.2) is 4.52 Å².